The Morgan fingerprint density at radius 2 is 1.73 bits per heavy atom. The standard InChI is InChI=1S/C11H4BrN3/c1-2-7-3-8(4-13)11(12)10(6-15)9(7)5-14/h2-3H,1H2. The van der Waals surface area contributed by atoms with Crippen LogP contribution in [0.2, 0.25) is 0 Å². The van der Waals surface area contributed by atoms with Crippen LogP contribution in [-0.2, 0) is 0 Å². The van der Waals surface area contributed by atoms with Crippen LogP contribution >= 0.6 is 15.9 Å². The molecule has 0 atom stereocenters. The van der Waals surface area contributed by atoms with Gasteiger partial charge in [-0.25, -0.2) is 0 Å². The van der Waals surface area contributed by atoms with E-state index in [9.17, 15) is 0 Å². The molecule has 1 rings (SSSR count). The minimum atomic E-state index is 0.173. The van der Waals surface area contributed by atoms with Gasteiger partial charge in [-0.3, -0.25) is 0 Å². The van der Waals surface area contributed by atoms with E-state index in [0.717, 1.165) is 0 Å². The van der Waals surface area contributed by atoms with Gasteiger partial charge in [0.05, 0.1) is 21.2 Å². The van der Waals surface area contributed by atoms with Gasteiger partial charge in [-0.2, -0.15) is 15.8 Å². The van der Waals surface area contributed by atoms with Crippen molar-refractivity contribution in [2.24, 2.45) is 0 Å². The van der Waals surface area contributed by atoms with Crippen molar-refractivity contribution >= 4 is 22.0 Å². The summed E-state index contributed by atoms with van der Waals surface area (Å²) in [6, 6.07) is 7.29. The summed E-state index contributed by atoms with van der Waals surface area (Å²) in [6.45, 7) is 3.53. The summed E-state index contributed by atoms with van der Waals surface area (Å²) in [5.41, 5.74) is 1.22. The lowest BCUT2D eigenvalue weighted by Gasteiger charge is -2.04. The Kier molecular flexibility index (Phi) is 3.24. The highest BCUT2D eigenvalue weighted by Gasteiger charge is 2.14. The van der Waals surface area contributed by atoms with Gasteiger partial charge in [-0.1, -0.05) is 12.7 Å². The molecule has 0 saturated heterocycles. The SMILES string of the molecule is C=Cc1cc(C#N)c(Br)c(C#N)c1C#N. The summed E-state index contributed by atoms with van der Waals surface area (Å²) in [7, 11) is 0. The van der Waals surface area contributed by atoms with Crippen molar-refractivity contribution in [3.63, 3.8) is 0 Å². The Balaban J connectivity index is 3.79. The third-order valence-electron chi connectivity index (χ3n) is 1.86. The molecule has 0 fully saturated rings. The molecule has 0 aliphatic carbocycles. The Bertz CT molecular complexity index is 553. The third kappa shape index (κ3) is 1.74. The van der Waals surface area contributed by atoms with Crippen molar-refractivity contribution in [1.29, 1.82) is 15.8 Å². The first-order valence-electron chi connectivity index (χ1n) is 3.88. The molecule has 1 aromatic rings. The zero-order chi connectivity index (χ0) is 11.4. The number of hydrogen-bond donors (Lipinski definition) is 0. The molecular formula is C11H4BrN3. The molecule has 3 nitrogen and oxygen atoms in total. The third-order valence-corrected chi connectivity index (χ3v) is 2.68. The number of nitriles is 3. The summed E-state index contributed by atoms with van der Waals surface area (Å²) in [5.74, 6) is 0. The molecule has 0 radical (unpaired) electrons. The van der Waals surface area contributed by atoms with E-state index in [0.29, 0.717) is 15.6 Å². The molecule has 0 heterocycles. The second-order valence-corrected chi connectivity index (χ2v) is 3.41. The maximum atomic E-state index is 8.90. The van der Waals surface area contributed by atoms with Gasteiger partial charge in [0.1, 0.15) is 18.2 Å². The molecule has 0 spiro atoms. The van der Waals surface area contributed by atoms with Crippen molar-refractivity contribution in [1.82, 2.24) is 0 Å². The number of benzene rings is 1. The summed E-state index contributed by atoms with van der Waals surface area (Å²) >= 11 is 3.13. The van der Waals surface area contributed by atoms with Crippen LogP contribution in [0.1, 0.15) is 22.3 Å². The van der Waals surface area contributed by atoms with Gasteiger partial charge in [0.25, 0.3) is 0 Å². The van der Waals surface area contributed by atoms with Crippen molar-refractivity contribution < 1.29 is 0 Å². The van der Waals surface area contributed by atoms with E-state index in [1.54, 1.807) is 0 Å². The number of hydrogen-bond acceptors (Lipinski definition) is 3. The van der Waals surface area contributed by atoms with Crippen LogP contribution in [0.4, 0.5) is 0 Å². The van der Waals surface area contributed by atoms with Crippen molar-refractivity contribution in [2.45, 2.75) is 0 Å². The van der Waals surface area contributed by atoms with Crippen LogP contribution in [0.15, 0.2) is 17.1 Å². The summed E-state index contributed by atoms with van der Waals surface area (Å²) < 4.78 is 0.356. The van der Waals surface area contributed by atoms with E-state index in [4.69, 9.17) is 15.8 Å². The summed E-state index contributed by atoms with van der Waals surface area (Å²) in [6.07, 6.45) is 1.45. The van der Waals surface area contributed by atoms with Crippen LogP contribution < -0.4 is 0 Å². The fraction of sp³-hybridized carbons (Fsp3) is 0. The van der Waals surface area contributed by atoms with Crippen molar-refractivity contribution in [3.8, 4) is 18.2 Å². The fourth-order valence-corrected chi connectivity index (χ4v) is 1.64. The zero-order valence-electron chi connectivity index (χ0n) is 7.58. The molecule has 4 heteroatoms. The molecule has 0 aromatic heterocycles. The molecule has 0 N–H and O–H groups in total. The van der Waals surface area contributed by atoms with Crippen LogP contribution in [0.5, 0.6) is 0 Å². The lowest BCUT2D eigenvalue weighted by molar-refractivity contribution is 1.37. The van der Waals surface area contributed by atoms with E-state index in [2.05, 4.69) is 22.5 Å². The summed E-state index contributed by atoms with van der Waals surface area (Å²) in [4.78, 5) is 0. The van der Waals surface area contributed by atoms with E-state index in [1.807, 2.05) is 18.2 Å². The average Bonchev–Trinajstić information content (AvgIpc) is 2.28. The minimum Gasteiger partial charge on any atom is -0.192 e. The highest BCUT2D eigenvalue weighted by atomic mass is 79.9. The number of halogens is 1. The Morgan fingerprint density at radius 3 is 2.13 bits per heavy atom. The van der Waals surface area contributed by atoms with Gasteiger partial charge in [0.2, 0.25) is 0 Å². The molecule has 0 unspecified atom stereocenters. The Labute approximate surface area is 95.6 Å². The predicted octanol–water partition coefficient (Wildman–Crippen LogP) is 2.71. The van der Waals surface area contributed by atoms with Crippen LogP contribution in [0.3, 0.4) is 0 Å². The highest BCUT2D eigenvalue weighted by molar-refractivity contribution is 9.10. The molecule has 0 amide bonds. The highest BCUT2D eigenvalue weighted by Crippen LogP contribution is 2.27. The van der Waals surface area contributed by atoms with Crippen molar-refractivity contribution in [3.05, 3.63) is 39.4 Å². The first-order valence-corrected chi connectivity index (χ1v) is 4.68. The smallest absolute Gasteiger partial charge is 0.102 e. The van der Waals surface area contributed by atoms with Gasteiger partial charge < -0.3 is 0 Å². The van der Waals surface area contributed by atoms with Crippen LogP contribution in [0.25, 0.3) is 6.08 Å². The van der Waals surface area contributed by atoms with Gasteiger partial charge in [-0.05, 0) is 27.6 Å². The maximum Gasteiger partial charge on any atom is 0.102 e. The predicted molar refractivity (Wildman–Crippen MR) is 58.4 cm³/mol. The maximum absolute atomic E-state index is 8.90. The first kappa shape index (κ1) is 11.0. The second-order valence-electron chi connectivity index (χ2n) is 2.62. The van der Waals surface area contributed by atoms with Gasteiger partial charge in [0, 0.05) is 0 Å². The average molecular weight is 258 g/mol. The van der Waals surface area contributed by atoms with Gasteiger partial charge >= 0.3 is 0 Å². The van der Waals surface area contributed by atoms with Crippen molar-refractivity contribution in [2.75, 3.05) is 0 Å². The molecule has 0 aliphatic heterocycles. The normalized spacial score (nSPS) is 8.40. The van der Waals surface area contributed by atoms with Gasteiger partial charge in [-0.15, -0.1) is 0 Å². The lowest BCUT2D eigenvalue weighted by Crippen LogP contribution is -1.93. The molecule has 0 aliphatic rings. The van der Waals surface area contributed by atoms with Gasteiger partial charge in [0.15, 0.2) is 0 Å². The first-order chi connectivity index (χ1) is 7.19. The van der Waals surface area contributed by atoms with E-state index >= 15 is 0 Å². The van der Waals surface area contributed by atoms with Crippen LogP contribution in [-0.4, -0.2) is 0 Å². The quantitative estimate of drug-likeness (QED) is 0.777. The number of rotatable bonds is 1. The molecule has 1 aromatic carbocycles. The fourth-order valence-electron chi connectivity index (χ4n) is 1.15. The summed E-state index contributed by atoms with van der Waals surface area (Å²) in [5, 5.41) is 26.6. The number of nitrogens with zero attached hydrogens (tertiary/aromatic N) is 3. The molecule has 0 saturated carbocycles. The Hall–Kier alpha value is -2.09. The molecule has 0 bridgehead atoms. The molecule has 15 heavy (non-hydrogen) atoms. The zero-order valence-corrected chi connectivity index (χ0v) is 9.17. The molecular weight excluding hydrogens is 254 g/mol. The molecule has 70 valence electrons. The monoisotopic (exact) mass is 257 g/mol. The Morgan fingerprint density at radius 1 is 1.13 bits per heavy atom. The van der Waals surface area contributed by atoms with Crippen LogP contribution in [0, 0.1) is 34.0 Å². The lowest BCUT2D eigenvalue weighted by atomic mass is 9.99. The second kappa shape index (κ2) is 4.42. The van der Waals surface area contributed by atoms with E-state index in [-0.39, 0.29) is 11.1 Å². The van der Waals surface area contributed by atoms with E-state index < -0.39 is 0 Å². The largest absolute Gasteiger partial charge is 0.192 e. The topological polar surface area (TPSA) is 71.4 Å². The van der Waals surface area contributed by atoms with E-state index in [1.165, 1.54) is 12.1 Å². The minimum absolute atomic E-state index is 0.173.